The summed E-state index contributed by atoms with van der Waals surface area (Å²) in [5, 5.41) is 4.19. The lowest BCUT2D eigenvalue weighted by Crippen LogP contribution is -3.28. The Labute approximate surface area is 154 Å². The number of nitrogens with zero attached hydrogens (tertiary/aromatic N) is 2. The molecule has 6 nitrogen and oxygen atoms in total. The minimum atomic E-state index is -0.0326. The summed E-state index contributed by atoms with van der Waals surface area (Å²) in [6.07, 6.45) is 3.46. The molecule has 1 fully saturated rings. The summed E-state index contributed by atoms with van der Waals surface area (Å²) in [7, 11) is 0. The van der Waals surface area contributed by atoms with E-state index in [0.29, 0.717) is 6.54 Å². The summed E-state index contributed by atoms with van der Waals surface area (Å²) in [5.74, 6) is -0.0326. The Balaban J connectivity index is 1.41. The van der Waals surface area contributed by atoms with E-state index >= 15 is 0 Å². The highest BCUT2D eigenvalue weighted by Gasteiger charge is 2.24. The Morgan fingerprint density at radius 3 is 2.50 bits per heavy atom. The highest BCUT2D eigenvalue weighted by atomic mass is 16.2. The van der Waals surface area contributed by atoms with E-state index < -0.39 is 0 Å². The van der Waals surface area contributed by atoms with Gasteiger partial charge >= 0.3 is 0 Å². The van der Waals surface area contributed by atoms with Crippen LogP contribution in [0, 0.1) is 0 Å². The van der Waals surface area contributed by atoms with Gasteiger partial charge in [-0.1, -0.05) is 36.4 Å². The van der Waals surface area contributed by atoms with Crippen molar-refractivity contribution in [2.24, 2.45) is 5.10 Å². The predicted molar refractivity (Wildman–Crippen MR) is 101 cm³/mol. The number of benzene rings is 1. The molecule has 0 bridgehead atoms. The Kier molecular flexibility index (Phi) is 6.46. The normalized spacial score (nSPS) is 20.6. The fourth-order valence-corrected chi connectivity index (χ4v) is 3.25. The molecule has 1 aromatic heterocycles. The fourth-order valence-electron chi connectivity index (χ4n) is 3.25. The second-order valence-corrected chi connectivity index (χ2v) is 6.81. The molecule has 2 heterocycles. The van der Waals surface area contributed by atoms with Crippen LogP contribution in [0.15, 0.2) is 60.0 Å². The smallest absolute Gasteiger partial charge is 0.295 e. The predicted octanol–water partition coefficient (Wildman–Crippen LogP) is -1.09. The van der Waals surface area contributed by atoms with Crippen molar-refractivity contribution in [3.8, 4) is 0 Å². The van der Waals surface area contributed by atoms with Gasteiger partial charge in [-0.3, -0.25) is 9.78 Å². The number of piperazine rings is 1. The summed E-state index contributed by atoms with van der Waals surface area (Å²) in [4.78, 5) is 19.1. The number of quaternary nitrogens is 2. The molecule has 1 aliphatic heterocycles. The first-order valence-corrected chi connectivity index (χ1v) is 9.15. The molecule has 0 saturated carbocycles. The van der Waals surface area contributed by atoms with E-state index in [-0.39, 0.29) is 5.91 Å². The highest BCUT2D eigenvalue weighted by molar-refractivity contribution is 5.98. The van der Waals surface area contributed by atoms with Gasteiger partial charge in [0.05, 0.1) is 5.71 Å². The quantitative estimate of drug-likeness (QED) is 0.456. The molecule has 0 aliphatic carbocycles. The Bertz CT molecular complexity index is 724. The van der Waals surface area contributed by atoms with Crippen molar-refractivity contribution < 1.29 is 14.6 Å². The number of pyridine rings is 1. The molecule has 0 atom stereocenters. The number of rotatable bonds is 6. The topological polar surface area (TPSA) is 63.2 Å². The fraction of sp³-hybridized carbons (Fsp3) is 0.350. The van der Waals surface area contributed by atoms with Gasteiger partial charge in [0, 0.05) is 23.5 Å². The minimum Gasteiger partial charge on any atom is -0.322 e. The van der Waals surface area contributed by atoms with Crippen LogP contribution in [-0.4, -0.2) is 49.3 Å². The molecule has 3 N–H and O–H groups in total. The maximum atomic E-state index is 12.2. The third kappa shape index (κ3) is 5.47. The zero-order valence-corrected chi connectivity index (χ0v) is 15.2. The average molecular weight is 353 g/mol. The van der Waals surface area contributed by atoms with Gasteiger partial charge in [-0.05, 0) is 13.0 Å². The number of nitrogens with one attached hydrogen (secondary N) is 3. The van der Waals surface area contributed by atoms with E-state index in [9.17, 15) is 4.79 Å². The summed E-state index contributed by atoms with van der Waals surface area (Å²) in [6, 6.07) is 14.4. The number of hydrogen-bond acceptors (Lipinski definition) is 3. The second kappa shape index (κ2) is 9.22. The van der Waals surface area contributed by atoms with E-state index in [2.05, 4.69) is 45.8 Å². The number of amides is 1. The van der Waals surface area contributed by atoms with Crippen LogP contribution in [0.1, 0.15) is 18.1 Å². The van der Waals surface area contributed by atoms with E-state index in [0.717, 1.165) is 44.0 Å². The lowest BCUT2D eigenvalue weighted by atomic mass is 10.2. The maximum Gasteiger partial charge on any atom is 0.295 e. The zero-order chi connectivity index (χ0) is 18.2. The van der Waals surface area contributed by atoms with Crippen LogP contribution in [0.2, 0.25) is 0 Å². The van der Waals surface area contributed by atoms with Crippen LogP contribution < -0.4 is 15.2 Å². The first kappa shape index (κ1) is 18.2. The average Bonchev–Trinajstić information content (AvgIpc) is 2.69. The van der Waals surface area contributed by atoms with E-state index in [1.807, 2.05) is 19.1 Å². The van der Waals surface area contributed by atoms with Crippen molar-refractivity contribution in [2.45, 2.75) is 13.5 Å². The molecule has 3 rings (SSSR count). The molecule has 1 saturated heterocycles. The van der Waals surface area contributed by atoms with Crippen molar-refractivity contribution in [1.29, 1.82) is 0 Å². The number of aromatic nitrogens is 1. The summed E-state index contributed by atoms with van der Waals surface area (Å²) in [6.45, 7) is 7.62. The van der Waals surface area contributed by atoms with Crippen molar-refractivity contribution in [2.75, 3.05) is 32.7 Å². The highest BCUT2D eigenvalue weighted by Crippen LogP contribution is 1.97. The summed E-state index contributed by atoms with van der Waals surface area (Å²) < 4.78 is 0. The van der Waals surface area contributed by atoms with Crippen LogP contribution >= 0.6 is 0 Å². The third-order valence-electron chi connectivity index (χ3n) is 4.80. The van der Waals surface area contributed by atoms with Gasteiger partial charge in [0.25, 0.3) is 5.91 Å². The van der Waals surface area contributed by atoms with Crippen molar-refractivity contribution in [1.82, 2.24) is 10.4 Å². The monoisotopic (exact) mass is 353 g/mol. The molecule has 1 amide bonds. The lowest BCUT2D eigenvalue weighted by Gasteiger charge is -2.29. The van der Waals surface area contributed by atoms with Crippen LogP contribution in [0.3, 0.4) is 0 Å². The van der Waals surface area contributed by atoms with Crippen LogP contribution in [0.25, 0.3) is 0 Å². The van der Waals surface area contributed by atoms with Gasteiger partial charge in [-0.2, -0.15) is 5.10 Å². The Hall–Kier alpha value is -2.57. The van der Waals surface area contributed by atoms with Gasteiger partial charge in [-0.25, -0.2) is 5.43 Å². The minimum absolute atomic E-state index is 0.0326. The molecule has 0 unspecified atom stereocenters. The van der Waals surface area contributed by atoms with Crippen LogP contribution in [-0.2, 0) is 11.3 Å². The number of hydrazone groups is 1. The first-order chi connectivity index (χ1) is 12.7. The largest absolute Gasteiger partial charge is 0.322 e. The van der Waals surface area contributed by atoms with E-state index in [4.69, 9.17) is 0 Å². The number of hydrogen-bond donors (Lipinski definition) is 3. The number of carbonyl (C=O) groups excluding carboxylic acids is 1. The Morgan fingerprint density at radius 2 is 1.81 bits per heavy atom. The third-order valence-corrected chi connectivity index (χ3v) is 4.80. The van der Waals surface area contributed by atoms with Gasteiger partial charge in [0.2, 0.25) is 0 Å². The van der Waals surface area contributed by atoms with Crippen molar-refractivity contribution in [3.63, 3.8) is 0 Å². The SMILES string of the molecule is CC(=NNC(=O)C[NH+]1CC[NH+](Cc2ccccc2)CC1)c1cccnc1. The van der Waals surface area contributed by atoms with E-state index in [1.54, 1.807) is 17.3 Å². The summed E-state index contributed by atoms with van der Waals surface area (Å²) in [5.41, 5.74) is 5.73. The molecule has 136 valence electrons. The van der Waals surface area contributed by atoms with Gasteiger partial charge in [-0.15, -0.1) is 0 Å². The second-order valence-electron chi connectivity index (χ2n) is 6.81. The summed E-state index contributed by atoms with van der Waals surface area (Å²) >= 11 is 0. The Morgan fingerprint density at radius 1 is 1.08 bits per heavy atom. The molecule has 6 heteroatoms. The molecule has 1 aliphatic rings. The molecule has 0 radical (unpaired) electrons. The van der Waals surface area contributed by atoms with Gasteiger partial charge in [0.15, 0.2) is 6.54 Å². The lowest BCUT2D eigenvalue weighted by molar-refractivity contribution is -1.02. The standard InChI is InChI=1S/C20H25N5O/c1-17(19-8-5-9-21-14-19)22-23-20(26)16-25-12-10-24(11-13-25)15-18-6-3-2-4-7-18/h2-9,14H,10-13,15-16H2,1H3,(H,23,26)/p+2. The maximum absolute atomic E-state index is 12.2. The molecule has 2 aromatic rings. The van der Waals surface area contributed by atoms with Gasteiger partial charge in [0.1, 0.15) is 32.7 Å². The molecule has 1 aromatic carbocycles. The molecular formula is C20H27N5O+2. The molecule has 0 spiro atoms. The van der Waals surface area contributed by atoms with Crippen LogP contribution in [0.4, 0.5) is 0 Å². The zero-order valence-electron chi connectivity index (χ0n) is 15.2. The van der Waals surface area contributed by atoms with Crippen LogP contribution in [0.5, 0.6) is 0 Å². The molecular weight excluding hydrogens is 326 g/mol. The molecule has 26 heavy (non-hydrogen) atoms. The first-order valence-electron chi connectivity index (χ1n) is 9.15. The van der Waals surface area contributed by atoms with Crippen molar-refractivity contribution >= 4 is 11.6 Å². The number of carbonyl (C=O) groups is 1. The van der Waals surface area contributed by atoms with E-state index in [1.165, 1.54) is 10.5 Å². The van der Waals surface area contributed by atoms with Crippen molar-refractivity contribution in [3.05, 3.63) is 66.0 Å². The van der Waals surface area contributed by atoms with Gasteiger partial charge < -0.3 is 9.80 Å².